The molecule has 6 heteroatoms. The second-order valence-corrected chi connectivity index (χ2v) is 7.35. The van der Waals surface area contributed by atoms with Crippen LogP contribution >= 0.6 is 7.82 Å². The lowest BCUT2D eigenvalue weighted by Crippen LogP contribution is -2.30. The summed E-state index contributed by atoms with van der Waals surface area (Å²) in [5.74, 6) is 1.47. The van der Waals surface area contributed by atoms with Crippen molar-refractivity contribution in [3.8, 4) is 0 Å². The SMILES string of the molecule is CC1OP(=O)(OC2=CC3C(CC2)CCN3C)OC1C. The van der Waals surface area contributed by atoms with Gasteiger partial charge < -0.3 is 4.52 Å². The summed E-state index contributed by atoms with van der Waals surface area (Å²) in [7, 11) is -1.27. The zero-order valence-electron chi connectivity index (χ0n) is 11.7. The number of rotatable bonds is 2. The number of likely N-dealkylation sites (N-methyl/N-ethyl adjacent to an activating group) is 1. The molecule has 0 spiro atoms. The van der Waals surface area contributed by atoms with Crippen molar-refractivity contribution in [3.63, 3.8) is 0 Å². The van der Waals surface area contributed by atoms with Crippen LogP contribution in [0.4, 0.5) is 0 Å². The Morgan fingerprint density at radius 3 is 2.68 bits per heavy atom. The summed E-state index contributed by atoms with van der Waals surface area (Å²) >= 11 is 0. The van der Waals surface area contributed by atoms with Crippen molar-refractivity contribution in [2.75, 3.05) is 13.6 Å². The molecular formula is C13H22NO4P. The lowest BCUT2D eigenvalue weighted by molar-refractivity contribution is 0.187. The van der Waals surface area contributed by atoms with Crippen molar-refractivity contribution in [1.82, 2.24) is 4.90 Å². The molecule has 0 bridgehead atoms. The maximum atomic E-state index is 12.4. The predicted molar refractivity (Wildman–Crippen MR) is 71.6 cm³/mol. The molecule has 0 N–H and O–H groups in total. The van der Waals surface area contributed by atoms with Gasteiger partial charge in [-0.3, -0.25) is 13.9 Å². The van der Waals surface area contributed by atoms with Crippen LogP contribution in [0.5, 0.6) is 0 Å². The smallest absolute Gasteiger partial charge is 0.409 e. The van der Waals surface area contributed by atoms with Crippen LogP contribution in [0.15, 0.2) is 11.8 Å². The predicted octanol–water partition coefficient (Wildman–Crippen LogP) is 2.93. The lowest BCUT2D eigenvalue weighted by atomic mass is 9.89. The number of hydrogen-bond acceptors (Lipinski definition) is 5. The average molecular weight is 287 g/mol. The summed E-state index contributed by atoms with van der Waals surface area (Å²) in [5, 5.41) is 0. The summed E-state index contributed by atoms with van der Waals surface area (Å²) in [4.78, 5) is 2.32. The topological polar surface area (TPSA) is 48.0 Å². The first-order valence-corrected chi connectivity index (χ1v) is 8.50. The van der Waals surface area contributed by atoms with Gasteiger partial charge in [0.05, 0.1) is 12.2 Å². The highest BCUT2D eigenvalue weighted by molar-refractivity contribution is 7.48. The Hall–Kier alpha value is -0.350. The number of phosphoric acid groups is 1. The van der Waals surface area contributed by atoms with Crippen molar-refractivity contribution in [3.05, 3.63) is 11.8 Å². The highest BCUT2D eigenvalue weighted by Gasteiger charge is 2.44. The van der Waals surface area contributed by atoms with Gasteiger partial charge in [-0.05, 0) is 52.3 Å². The van der Waals surface area contributed by atoms with Gasteiger partial charge in [0.25, 0.3) is 0 Å². The van der Waals surface area contributed by atoms with Crippen molar-refractivity contribution in [1.29, 1.82) is 0 Å². The van der Waals surface area contributed by atoms with Crippen LogP contribution in [-0.2, 0) is 18.1 Å². The molecule has 19 heavy (non-hydrogen) atoms. The van der Waals surface area contributed by atoms with Gasteiger partial charge in [-0.25, -0.2) is 4.57 Å². The third-order valence-corrected chi connectivity index (χ3v) is 6.08. The van der Waals surface area contributed by atoms with E-state index < -0.39 is 7.82 Å². The van der Waals surface area contributed by atoms with Crippen molar-refractivity contribution < 1.29 is 18.1 Å². The maximum Gasteiger partial charge on any atom is 0.530 e. The summed E-state index contributed by atoms with van der Waals surface area (Å²) < 4.78 is 28.7. The molecule has 2 saturated heterocycles. The zero-order valence-corrected chi connectivity index (χ0v) is 12.6. The fraction of sp³-hybridized carbons (Fsp3) is 0.846. The third kappa shape index (κ3) is 2.62. The van der Waals surface area contributed by atoms with E-state index in [-0.39, 0.29) is 12.2 Å². The van der Waals surface area contributed by atoms with Crippen molar-refractivity contribution in [2.24, 2.45) is 5.92 Å². The first kappa shape index (κ1) is 13.6. The molecule has 108 valence electrons. The highest BCUT2D eigenvalue weighted by atomic mass is 31.2. The van der Waals surface area contributed by atoms with E-state index in [1.54, 1.807) is 0 Å². The quantitative estimate of drug-likeness (QED) is 0.731. The monoisotopic (exact) mass is 287 g/mol. The molecule has 0 aromatic heterocycles. The van der Waals surface area contributed by atoms with Gasteiger partial charge in [0.2, 0.25) is 0 Å². The molecular weight excluding hydrogens is 265 g/mol. The molecule has 0 aromatic rings. The number of fused-ring (bicyclic) bond motifs is 1. The summed E-state index contributed by atoms with van der Waals surface area (Å²) in [6, 6.07) is 0.410. The molecule has 2 heterocycles. The zero-order chi connectivity index (χ0) is 13.6. The minimum absolute atomic E-state index is 0.183. The maximum absolute atomic E-state index is 12.4. The molecule has 4 atom stereocenters. The fourth-order valence-electron chi connectivity index (χ4n) is 3.10. The molecule has 5 nitrogen and oxygen atoms in total. The molecule has 0 saturated carbocycles. The molecule has 4 unspecified atom stereocenters. The Balaban J connectivity index is 1.71. The summed E-state index contributed by atoms with van der Waals surface area (Å²) in [6.45, 7) is 4.82. The van der Waals surface area contributed by atoms with Crippen LogP contribution in [0.25, 0.3) is 0 Å². The number of phosphoric ester groups is 1. The fourth-order valence-corrected chi connectivity index (χ4v) is 4.83. The molecule has 2 fully saturated rings. The first-order valence-electron chi connectivity index (χ1n) is 7.04. The number of hydrogen-bond donors (Lipinski definition) is 0. The number of nitrogens with zero attached hydrogens (tertiary/aromatic N) is 1. The van der Waals surface area contributed by atoms with Crippen LogP contribution in [0, 0.1) is 5.92 Å². The molecule has 1 aliphatic carbocycles. The van der Waals surface area contributed by atoms with Crippen LogP contribution in [0.2, 0.25) is 0 Å². The molecule has 0 radical (unpaired) electrons. The van der Waals surface area contributed by atoms with Crippen molar-refractivity contribution >= 4 is 7.82 Å². The lowest BCUT2D eigenvalue weighted by Gasteiger charge is -2.28. The number of likely N-dealkylation sites (tertiary alicyclic amines) is 1. The van der Waals surface area contributed by atoms with Gasteiger partial charge in [0, 0.05) is 12.5 Å². The van der Waals surface area contributed by atoms with E-state index in [9.17, 15) is 4.57 Å². The molecule has 0 amide bonds. The van der Waals surface area contributed by atoms with E-state index in [0.717, 1.165) is 25.1 Å². The summed E-state index contributed by atoms with van der Waals surface area (Å²) in [5.41, 5.74) is 0. The van der Waals surface area contributed by atoms with E-state index >= 15 is 0 Å². The van der Waals surface area contributed by atoms with E-state index in [1.165, 1.54) is 6.42 Å². The third-order valence-electron chi connectivity index (χ3n) is 4.44. The molecule has 0 aromatic carbocycles. The summed E-state index contributed by atoms with van der Waals surface area (Å²) in [6.07, 6.45) is 4.89. The van der Waals surface area contributed by atoms with E-state index in [2.05, 4.69) is 18.0 Å². The van der Waals surface area contributed by atoms with E-state index in [4.69, 9.17) is 13.6 Å². The molecule has 2 aliphatic heterocycles. The molecule has 3 aliphatic rings. The Morgan fingerprint density at radius 2 is 2.00 bits per heavy atom. The molecule has 3 rings (SSSR count). The number of allylic oxidation sites excluding steroid dienone is 1. The van der Waals surface area contributed by atoms with Gasteiger partial charge >= 0.3 is 7.82 Å². The van der Waals surface area contributed by atoms with Crippen molar-refractivity contribution in [2.45, 2.75) is 51.4 Å². The average Bonchev–Trinajstić information content (AvgIpc) is 2.81. The van der Waals surface area contributed by atoms with Gasteiger partial charge in [0.1, 0.15) is 5.76 Å². The van der Waals surface area contributed by atoms with Crippen LogP contribution in [-0.4, -0.2) is 36.7 Å². The van der Waals surface area contributed by atoms with E-state index in [1.807, 2.05) is 13.8 Å². The minimum Gasteiger partial charge on any atom is -0.409 e. The second kappa shape index (κ2) is 4.88. The van der Waals surface area contributed by atoms with Crippen LogP contribution in [0.3, 0.4) is 0 Å². The Bertz CT molecular complexity index is 424. The first-order chi connectivity index (χ1) is 8.97. The standard InChI is InChI=1S/C13H22NO4P/c1-9-10(2)17-19(15,16-9)18-12-5-4-11-6-7-14(3)13(11)8-12/h8-11,13H,4-7H2,1-3H3. The van der Waals surface area contributed by atoms with Gasteiger partial charge in [-0.2, -0.15) is 0 Å². The second-order valence-electron chi connectivity index (χ2n) is 5.85. The normalized spacial score (nSPS) is 47.0. The minimum atomic E-state index is -3.39. The largest absolute Gasteiger partial charge is 0.530 e. The van der Waals surface area contributed by atoms with Gasteiger partial charge in [-0.15, -0.1) is 0 Å². The Morgan fingerprint density at radius 1 is 1.32 bits per heavy atom. The van der Waals surface area contributed by atoms with Gasteiger partial charge in [0.15, 0.2) is 0 Å². The van der Waals surface area contributed by atoms with Gasteiger partial charge in [-0.1, -0.05) is 0 Å². The Kier molecular flexibility index (Phi) is 3.50. The van der Waals surface area contributed by atoms with Crippen LogP contribution < -0.4 is 0 Å². The highest BCUT2D eigenvalue weighted by Crippen LogP contribution is 2.59. The van der Waals surface area contributed by atoms with Crippen LogP contribution in [0.1, 0.15) is 33.1 Å². The van der Waals surface area contributed by atoms with E-state index in [0.29, 0.717) is 12.0 Å². The Labute approximate surface area is 114 Å².